The van der Waals surface area contributed by atoms with Gasteiger partial charge in [0.1, 0.15) is 5.60 Å². The van der Waals surface area contributed by atoms with Gasteiger partial charge in [-0.2, -0.15) is 0 Å². The Morgan fingerprint density at radius 1 is 1.09 bits per heavy atom. The lowest BCUT2D eigenvalue weighted by Gasteiger charge is -2.20. The Balaban J connectivity index is 1.76. The first-order valence-electron chi connectivity index (χ1n) is 9.55. The van der Waals surface area contributed by atoms with Gasteiger partial charge in [0.2, 0.25) is 11.1 Å². The summed E-state index contributed by atoms with van der Waals surface area (Å²) >= 11 is 1.02. The minimum Gasteiger partial charge on any atom is -0.443 e. The van der Waals surface area contributed by atoms with E-state index in [0.717, 1.165) is 11.8 Å². The topological polar surface area (TPSA) is 129 Å². The smallest absolute Gasteiger partial charge is 0.422 e. The minimum atomic E-state index is -0.732. The van der Waals surface area contributed by atoms with Gasteiger partial charge in [-0.05, 0) is 32.9 Å². The van der Waals surface area contributed by atoms with Crippen molar-refractivity contribution in [3.05, 3.63) is 64.7 Å². The van der Waals surface area contributed by atoms with E-state index in [1.165, 1.54) is 28.8 Å². The van der Waals surface area contributed by atoms with Gasteiger partial charge in [-0.25, -0.2) is 9.36 Å². The van der Waals surface area contributed by atoms with Gasteiger partial charge in [0.05, 0.1) is 10.7 Å². The van der Waals surface area contributed by atoms with Crippen molar-refractivity contribution < 1.29 is 19.2 Å². The summed E-state index contributed by atoms with van der Waals surface area (Å²) in [7, 11) is 0. The van der Waals surface area contributed by atoms with E-state index in [2.05, 4.69) is 15.5 Å². The lowest BCUT2D eigenvalue weighted by Crippen LogP contribution is -2.28. The van der Waals surface area contributed by atoms with Gasteiger partial charge in [-0.1, -0.05) is 42.1 Å². The van der Waals surface area contributed by atoms with Crippen LogP contribution in [0.3, 0.4) is 0 Å². The SMILES string of the molecule is CC(C)(C)OC(=O)n1c(SCC(=O)Nc2ccc([N+](=O)[O-])cc2)nnc1-c1ccccc1. The second-order valence-electron chi connectivity index (χ2n) is 7.63. The highest BCUT2D eigenvalue weighted by Crippen LogP contribution is 2.25. The second-order valence-corrected chi connectivity index (χ2v) is 8.57. The van der Waals surface area contributed by atoms with Crippen molar-refractivity contribution in [2.24, 2.45) is 0 Å². The number of ether oxygens (including phenoxy) is 1. The largest absolute Gasteiger partial charge is 0.443 e. The monoisotopic (exact) mass is 455 g/mol. The van der Waals surface area contributed by atoms with Crippen LogP contribution in [0.2, 0.25) is 0 Å². The zero-order valence-corrected chi connectivity index (χ0v) is 18.5. The first kappa shape index (κ1) is 22.9. The number of thioether (sulfide) groups is 1. The van der Waals surface area contributed by atoms with Crippen molar-refractivity contribution >= 4 is 35.1 Å². The van der Waals surface area contributed by atoms with E-state index in [4.69, 9.17) is 4.74 Å². The third kappa shape index (κ3) is 5.91. The molecule has 1 amide bonds. The van der Waals surface area contributed by atoms with Crippen molar-refractivity contribution in [1.29, 1.82) is 0 Å². The molecule has 0 fully saturated rings. The summed E-state index contributed by atoms with van der Waals surface area (Å²) in [6.45, 7) is 5.26. The van der Waals surface area contributed by atoms with Crippen molar-refractivity contribution in [1.82, 2.24) is 14.8 Å². The Kier molecular flexibility index (Phi) is 6.89. The fourth-order valence-electron chi connectivity index (χ4n) is 2.60. The number of nitrogens with one attached hydrogen (secondary N) is 1. The highest BCUT2D eigenvalue weighted by molar-refractivity contribution is 7.99. The average molecular weight is 455 g/mol. The molecule has 3 aromatic rings. The number of nitrogens with zero attached hydrogens (tertiary/aromatic N) is 4. The predicted molar refractivity (Wildman–Crippen MR) is 120 cm³/mol. The third-order valence-electron chi connectivity index (χ3n) is 3.94. The average Bonchev–Trinajstić information content (AvgIpc) is 3.16. The Labute approximate surface area is 188 Å². The molecule has 0 unspecified atom stereocenters. The van der Waals surface area contributed by atoms with Crippen molar-refractivity contribution in [3.8, 4) is 11.4 Å². The highest BCUT2D eigenvalue weighted by Gasteiger charge is 2.26. The molecule has 2 aromatic carbocycles. The summed E-state index contributed by atoms with van der Waals surface area (Å²) in [5.74, 6) is -0.130. The van der Waals surface area contributed by atoms with E-state index in [0.29, 0.717) is 17.1 Å². The number of carbonyl (C=O) groups excluding carboxylic acids is 2. The van der Waals surface area contributed by atoms with Crippen molar-refractivity contribution in [3.63, 3.8) is 0 Å². The molecule has 0 bridgehead atoms. The number of anilines is 1. The Bertz CT molecular complexity index is 1120. The number of benzene rings is 2. The first-order chi connectivity index (χ1) is 15.1. The van der Waals surface area contributed by atoms with Crippen molar-refractivity contribution in [2.75, 3.05) is 11.1 Å². The highest BCUT2D eigenvalue weighted by atomic mass is 32.2. The summed E-state index contributed by atoms with van der Waals surface area (Å²) in [6, 6.07) is 14.5. The molecule has 0 aliphatic heterocycles. The molecule has 3 rings (SSSR count). The van der Waals surface area contributed by atoms with Gasteiger partial charge in [0.25, 0.3) is 5.69 Å². The zero-order valence-electron chi connectivity index (χ0n) is 17.6. The molecule has 1 N–H and O–H groups in total. The standard InChI is InChI=1S/C21H21N5O5S/c1-21(2,3)31-20(28)25-18(14-7-5-4-6-8-14)23-24-19(25)32-13-17(27)22-15-9-11-16(12-10-15)26(29)30/h4-12H,13H2,1-3H3,(H,22,27). The molecule has 166 valence electrons. The molecule has 0 saturated heterocycles. The molecule has 32 heavy (non-hydrogen) atoms. The van der Waals surface area contributed by atoms with Crippen LogP contribution in [0, 0.1) is 10.1 Å². The number of aromatic nitrogens is 3. The Hall–Kier alpha value is -3.73. The van der Waals surface area contributed by atoms with E-state index >= 15 is 0 Å². The van der Waals surface area contributed by atoms with Crippen LogP contribution < -0.4 is 5.32 Å². The summed E-state index contributed by atoms with van der Waals surface area (Å²) in [4.78, 5) is 35.4. The number of rotatable bonds is 6. The summed E-state index contributed by atoms with van der Waals surface area (Å²) in [5.41, 5.74) is 0.286. The molecular formula is C21H21N5O5S. The quantitative estimate of drug-likeness (QED) is 0.330. The van der Waals surface area contributed by atoms with Gasteiger partial charge in [0, 0.05) is 23.4 Å². The first-order valence-corrected chi connectivity index (χ1v) is 10.5. The number of nitro benzene ring substituents is 1. The van der Waals surface area contributed by atoms with Crippen LogP contribution in [0.5, 0.6) is 0 Å². The molecule has 10 nitrogen and oxygen atoms in total. The van der Waals surface area contributed by atoms with Gasteiger partial charge in [-0.15, -0.1) is 10.2 Å². The molecule has 1 aromatic heterocycles. The second kappa shape index (κ2) is 9.60. The molecule has 0 aliphatic carbocycles. The van der Waals surface area contributed by atoms with Crippen LogP contribution in [-0.2, 0) is 9.53 Å². The van der Waals surface area contributed by atoms with Crippen LogP contribution >= 0.6 is 11.8 Å². The predicted octanol–water partition coefficient (Wildman–Crippen LogP) is 4.37. The summed E-state index contributed by atoms with van der Waals surface area (Å²) < 4.78 is 6.73. The van der Waals surface area contributed by atoms with Crippen LogP contribution in [0.1, 0.15) is 20.8 Å². The number of nitro groups is 1. The lowest BCUT2D eigenvalue weighted by atomic mass is 10.2. The number of hydrogen-bond acceptors (Lipinski definition) is 8. The molecule has 0 aliphatic rings. The number of amides is 1. The van der Waals surface area contributed by atoms with E-state index < -0.39 is 16.6 Å². The molecule has 0 spiro atoms. The summed E-state index contributed by atoms with van der Waals surface area (Å²) in [6.07, 6.45) is -0.653. The minimum absolute atomic E-state index is 0.0628. The normalized spacial score (nSPS) is 11.1. The van der Waals surface area contributed by atoms with E-state index in [9.17, 15) is 19.7 Å². The van der Waals surface area contributed by atoms with Gasteiger partial charge < -0.3 is 10.1 Å². The van der Waals surface area contributed by atoms with Gasteiger partial charge in [0.15, 0.2) is 5.82 Å². The molecule has 0 atom stereocenters. The van der Waals surface area contributed by atoms with Gasteiger partial charge in [-0.3, -0.25) is 14.9 Å². The number of hydrogen-bond donors (Lipinski definition) is 1. The van der Waals surface area contributed by atoms with Crippen molar-refractivity contribution in [2.45, 2.75) is 31.5 Å². The lowest BCUT2D eigenvalue weighted by molar-refractivity contribution is -0.384. The van der Waals surface area contributed by atoms with E-state index in [1.54, 1.807) is 32.9 Å². The van der Waals surface area contributed by atoms with Crippen LogP contribution in [0.4, 0.5) is 16.2 Å². The van der Waals surface area contributed by atoms with Crippen LogP contribution in [-0.4, -0.2) is 43.0 Å². The molecule has 0 saturated carbocycles. The summed E-state index contributed by atoms with van der Waals surface area (Å²) in [5, 5.41) is 21.8. The van der Waals surface area contributed by atoms with E-state index in [-0.39, 0.29) is 22.5 Å². The van der Waals surface area contributed by atoms with Gasteiger partial charge >= 0.3 is 6.09 Å². The van der Waals surface area contributed by atoms with Crippen LogP contribution in [0.25, 0.3) is 11.4 Å². The van der Waals surface area contributed by atoms with Crippen LogP contribution in [0.15, 0.2) is 59.8 Å². The molecule has 1 heterocycles. The molecular weight excluding hydrogens is 434 g/mol. The molecule has 11 heteroatoms. The third-order valence-corrected chi connectivity index (χ3v) is 4.86. The number of carbonyl (C=O) groups is 2. The number of non-ortho nitro benzene ring substituents is 1. The fourth-order valence-corrected chi connectivity index (χ4v) is 3.32. The maximum absolute atomic E-state index is 12.9. The van der Waals surface area contributed by atoms with E-state index in [1.807, 2.05) is 18.2 Å². The fraction of sp³-hybridized carbons (Fsp3) is 0.238. The Morgan fingerprint density at radius 2 is 1.75 bits per heavy atom. The molecule has 0 radical (unpaired) electrons. The zero-order chi connectivity index (χ0) is 23.3. The maximum atomic E-state index is 12.9. The maximum Gasteiger partial charge on any atom is 0.422 e. The Morgan fingerprint density at radius 3 is 2.34 bits per heavy atom.